The van der Waals surface area contributed by atoms with Gasteiger partial charge in [-0.2, -0.15) is 0 Å². The van der Waals surface area contributed by atoms with Gasteiger partial charge in [0.2, 0.25) is 0 Å². The second kappa shape index (κ2) is 2.99. The van der Waals surface area contributed by atoms with E-state index in [4.69, 9.17) is 0 Å². The largest absolute Gasteiger partial charge is 0.748 e. The fraction of sp³-hybridized carbons (Fsp3) is 1.00. The first-order chi connectivity index (χ1) is 3.56. The van der Waals surface area contributed by atoms with Crippen molar-refractivity contribution in [3.63, 3.8) is 0 Å². The molecule has 0 unspecified atom stereocenters. The van der Waals surface area contributed by atoms with Gasteiger partial charge in [-0.1, -0.05) is 0 Å². The molecule has 0 aromatic rings. The lowest BCUT2D eigenvalue weighted by molar-refractivity contribution is 0.445. The maximum absolute atomic E-state index is 11.1. The lowest BCUT2D eigenvalue weighted by Crippen LogP contribution is -2.04. The summed E-state index contributed by atoms with van der Waals surface area (Å²) in [5.41, 5.74) is 0. The molecule has 8 heavy (non-hydrogen) atoms. The number of hydrogen-bond acceptors (Lipinski definition) is 3. The highest BCUT2D eigenvalue weighted by Gasteiger charge is 1.91. The molecule has 0 bridgehead atoms. The van der Waals surface area contributed by atoms with Gasteiger partial charge in [0.15, 0.2) is 0 Å². The van der Waals surface area contributed by atoms with E-state index in [1.165, 1.54) is 0 Å². The molecule has 3 nitrogen and oxygen atoms in total. The molecule has 0 saturated heterocycles. The van der Waals surface area contributed by atoms with Crippen molar-refractivity contribution in [3.05, 3.63) is 0 Å². The Hall–Kier alpha value is -0.160. The second-order valence-corrected chi connectivity index (χ2v) is 2.83. The summed E-state index contributed by atoms with van der Waals surface area (Å²) in [6.07, 6.45) is -0.189. The van der Waals surface area contributed by atoms with Crippen LogP contribution in [0.25, 0.3) is 0 Å². The minimum Gasteiger partial charge on any atom is -0.748 e. The van der Waals surface area contributed by atoms with Gasteiger partial charge in [0.25, 0.3) is 0 Å². The Kier molecular flexibility index (Phi) is 2.93. The van der Waals surface area contributed by atoms with Gasteiger partial charge < -0.3 is 4.55 Å². The summed E-state index contributed by atoms with van der Waals surface area (Å²) in [5.74, 6) is -0.594. The molecular weight excluding hydrogens is 135 g/mol. The molecule has 0 aliphatic carbocycles. The van der Waals surface area contributed by atoms with E-state index in [-0.39, 0.29) is 6.42 Å². The molecule has 0 fully saturated rings. The van der Waals surface area contributed by atoms with Crippen molar-refractivity contribution in [2.45, 2.75) is 6.42 Å². The van der Waals surface area contributed by atoms with E-state index >= 15 is 0 Å². The maximum atomic E-state index is 11.1. The van der Waals surface area contributed by atoms with Crippen molar-refractivity contribution >= 4 is 10.1 Å². The molecule has 0 saturated carbocycles. The number of hydrogen-bond donors (Lipinski definition) is 0. The molecule has 0 aromatic carbocycles. The smallest absolute Gasteiger partial charge is 0.0946 e. The lowest BCUT2D eigenvalue weighted by atomic mass is 10.6. The van der Waals surface area contributed by atoms with Crippen LogP contribution in [0.5, 0.6) is 0 Å². The zero-order valence-corrected chi connectivity index (χ0v) is 4.95. The Morgan fingerprint density at radius 2 is 2.00 bits per heavy atom. The van der Waals surface area contributed by atoms with Gasteiger partial charge in [-0.25, -0.2) is 8.42 Å². The van der Waals surface area contributed by atoms with Gasteiger partial charge >= 0.3 is 0 Å². The molecule has 0 N–H and O–H groups in total. The van der Waals surface area contributed by atoms with E-state index in [0.717, 1.165) is 0 Å². The molecule has 0 amide bonds. The van der Waals surface area contributed by atoms with Crippen LogP contribution in [0.2, 0.25) is 0 Å². The summed E-state index contributed by atoms with van der Waals surface area (Å²) in [5, 5.41) is 0. The standard InChI is InChI=1S/C3H7FO3S/c4-2-1-3-8(5,6)7/h1-3H2,(H,5,6,7)/p-1. The molecular formula is C3H6FO3S-. The van der Waals surface area contributed by atoms with Crippen LogP contribution in [-0.4, -0.2) is 25.4 Å². The van der Waals surface area contributed by atoms with Gasteiger partial charge in [0, 0.05) is 5.75 Å². The average Bonchev–Trinajstić information content (AvgIpc) is 1.59. The van der Waals surface area contributed by atoms with Crippen LogP contribution in [0.1, 0.15) is 6.42 Å². The van der Waals surface area contributed by atoms with E-state index in [9.17, 15) is 17.4 Å². The fourth-order valence-corrected chi connectivity index (χ4v) is 0.694. The Morgan fingerprint density at radius 1 is 1.50 bits per heavy atom. The first-order valence-corrected chi connectivity index (χ1v) is 3.63. The number of halogens is 1. The van der Waals surface area contributed by atoms with Crippen LogP contribution in [-0.2, 0) is 10.1 Å². The van der Waals surface area contributed by atoms with E-state index in [0.29, 0.717) is 0 Å². The minimum atomic E-state index is -4.18. The Labute approximate surface area is 47.3 Å². The summed E-state index contributed by atoms with van der Waals surface area (Å²) in [6.45, 7) is -0.749. The highest BCUT2D eigenvalue weighted by atomic mass is 32.2. The topological polar surface area (TPSA) is 57.2 Å². The lowest BCUT2D eigenvalue weighted by Gasteiger charge is -2.01. The molecule has 5 heteroatoms. The van der Waals surface area contributed by atoms with E-state index < -0.39 is 22.5 Å². The van der Waals surface area contributed by atoms with E-state index in [1.54, 1.807) is 0 Å². The molecule has 0 heterocycles. The summed E-state index contributed by atoms with van der Waals surface area (Å²) in [7, 11) is -4.18. The first kappa shape index (κ1) is 7.84. The Morgan fingerprint density at radius 3 is 2.12 bits per heavy atom. The van der Waals surface area contributed by atoms with Gasteiger partial charge in [0.1, 0.15) is 0 Å². The summed E-state index contributed by atoms with van der Waals surface area (Å²) >= 11 is 0. The highest BCUT2D eigenvalue weighted by molar-refractivity contribution is 7.85. The maximum Gasteiger partial charge on any atom is 0.0946 e. The summed E-state index contributed by atoms with van der Waals surface area (Å²) < 4.78 is 40.1. The first-order valence-electron chi connectivity index (χ1n) is 2.06. The van der Waals surface area contributed by atoms with Crippen LogP contribution in [0.15, 0.2) is 0 Å². The van der Waals surface area contributed by atoms with E-state index in [1.807, 2.05) is 0 Å². The average molecular weight is 141 g/mol. The second-order valence-electron chi connectivity index (χ2n) is 1.30. The molecule has 0 aromatic heterocycles. The number of alkyl halides is 1. The Balaban J connectivity index is 3.42. The SMILES string of the molecule is O=S(=O)([O-])CCCF. The molecule has 0 rings (SSSR count). The van der Waals surface area contributed by atoms with Crippen molar-refractivity contribution < 1.29 is 17.4 Å². The quantitative estimate of drug-likeness (QED) is 0.515. The molecule has 0 aliphatic heterocycles. The van der Waals surface area contributed by atoms with Crippen molar-refractivity contribution in [2.75, 3.05) is 12.4 Å². The third-order valence-electron chi connectivity index (χ3n) is 0.528. The van der Waals surface area contributed by atoms with E-state index in [2.05, 4.69) is 0 Å². The summed E-state index contributed by atoms with van der Waals surface area (Å²) in [4.78, 5) is 0. The fourth-order valence-electron chi connectivity index (χ4n) is 0.231. The number of rotatable bonds is 3. The zero-order chi connectivity index (χ0) is 6.62. The molecule has 0 atom stereocenters. The van der Waals surface area contributed by atoms with Crippen LogP contribution < -0.4 is 0 Å². The van der Waals surface area contributed by atoms with Crippen LogP contribution >= 0.6 is 0 Å². The molecule has 0 aliphatic rings. The van der Waals surface area contributed by atoms with Gasteiger partial charge in [-0.3, -0.25) is 4.39 Å². The molecule has 0 spiro atoms. The zero-order valence-electron chi connectivity index (χ0n) is 4.13. The van der Waals surface area contributed by atoms with Gasteiger partial charge in [0.05, 0.1) is 16.8 Å². The highest BCUT2D eigenvalue weighted by Crippen LogP contribution is 1.86. The predicted molar refractivity (Wildman–Crippen MR) is 25.2 cm³/mol. The minimum absolute atomic E-state index is 0.189. The normalized spacial score (nSPS) is 11.8. The van der Waals surface area contributed by atoms with Crippen LogP contribution in [0, 0.1) is 0 Å². The van der Waals surface area contributed by atoms with Crippen LogP contribution in [0.4, 0.5) is 4.39 Å². The third kappa shape index (κ3) is 5.84. The van der Waals surface area contributed by atoms with Gasteiger partial charge in [-0.05, 0) is 6.42 Å². The summed E-state index contributed by atoms with van der Waals surface area (Å²) in [6, 6.07) is 0. The predicted octanol–water partition coefficient (Wildman–Crippen LogP) is -0.109. The molecule has 0 radical (unpaired) electrons. The monoisotopic (exact) mass is 141 g/mol. The van der Waals surface area contributed by atoms with Crippen molar-refractivity contribution in [1.29, 1.82) is 0 Å². The van der Waals surface area contributed by atoms with Gasteiger partial charge in [-0.15, -0.1) is 0 Å². The third-order valence-corrected chi connectivity index (χ3v) is 1.32. The van der Waals surface area contributed by atoms with Crippen molar-refractivity contribution in [1.82, 2.24) is 0 Å². The molecule has 50 valence electrons. The Bertz CT molecular complexity index is 139. The van der Waals surface area contributed by atoms with Crippen molar-refractivity contribution in [2.24, 2.45) is 0 Å². The van der Waals surface area contributed by atoms with Crippen LogP contribution in [0.3, 0.4) is 0 Å². The van der Waals surface area contributed by atoms with Crippen molar-refractivity contribution in [3.8, 4) is 0 Å².